The Bertz CT molecular complexity index is 2810. The number of hydrogen-bond acceptors (Lipinski definition) is 21. The average Bonchev–Trinajstić information content (AvgIpc) is 3.91. The number of phenolic OH excluding ortho intramolecular Hbond substituents is 1. The number of rotatable bonds is 19. The number of carbonyl (C=O) groups is 10. The minimum absolute atomic E-state index is 0.000701. The van der Waals surface area contributed by atoms with Gasteiger partial charge in [-0.3, -0.25) is 47.9 Å². The molecule has 2 aromatic carbocycles. The van der Waals surface area contributed by atoms with E-state index < -0.39 is 190 Å². The van der Waals surface area contributed by atoms with Crippen LogP contribution in [0, 0.1) is 0 Å². The maximum absolute atomic E-state index is 15.0. The smallest absolute Gasteiger partial charge is 0.248 e. The van der Waals surface area contributed by atoms with E-state index in [9.17, 15) is 83.7 Å². The number of primary amides is 2. The number of H-pyrrole nitrogens is 1. The second-order valence-corrected chi connectivity index (χ2v) is 20.7. The zero-order valence-electron chi connectivity index (χ0n) is 47.1. The lowest BCUT2D eigenvalue weighted by molar-refractivity contribution is -0.284. The van der Waals surface area contributed by atoms with Gasteiger partial charge in [0.1, 0.15) is 66.4 Å². The van der Waals surface area contributed by atoms with Gasteiger partial charge in [-0.25, -0.2) is 0 Å². The maximum atomic E-state index is 15.0. The zero-order chi connectivity index (χ0) is 63.2. The molecule has 32 nitrogen and oxygen atoms in total. The van der Waals surface area contributed by atoms with Crippen molar-refractivity contribution in [3.8, 4) is 5.75 Å². The van der Waals surface area contributed by atoms with E-state index in [1.807, 2.05) is 12.2 Å². The summed E-state index contributed by atoms with van der Waals surface area (Å²) in [6.45, 7) is -1.33. The van der Waals surface area contributed by atoms with Crippen LogP contribution in [0.4, 0.5) is 0 Å². The summed E-state index contributed by atoms with van der Waals surface area (Å²) < 4.78 is 17.7. The van der Waals surface area contributed by atoms with Gasteiger partial charge in [0.2, 0.25) is 59.1 Å². The van der Waals surface area contributed by atoms with Crippen molar-refractivity contribution in [2.24, 2.45) is 17.2 Å². The largest absolute Gasteiger partial charge is 0.508 e. The Balaban J connectivity index is 1.63. The molecule has 0 saturated carbocycles. The number of aliphatic hydroxyl groups excluding tert-OH is 6. The number of nitrogens with one attached hydrogen (secondary N) is 9. The molecule has 474 valence electrons. The van der Waals surface area contributed by atoms with Gasteiger partial charge in [0.15, 0.2) is 12.4 Å². The first-order chi connectivity index (χ1) is 40.9. The van der Waals surface area contributed by atoms with Crippen molar-refractivity contribution in [1.82, 2.24) is 47.5 Å². The highest BCUT2D eigenvalue weighted by atomic mass is 16.7. The van der Waals surface area contributed by atoms with Crippen LogP contribution in [-0.2, 0) is 68.6 Å². The van der Waals surface area contributed by atoms with Crippen LogP contribution in [0.25, 0.3) is 10.9 Å². The van der Waals surface area contributed by atoms with Gasteiger partial charge in [0.25, 0.3) is 0 Å². The predicted molar refractivity (Wildman–Crippen MR) is 298 cm³/mol. The third-order valence-electron chi connectivity index (χ3n) is 14.0. The predicted octanol–water partition coefficient (Wildman–Crippen LogP) is -7.06. The van der Waals surface area contributed by atoms with E-state index in [0.29, 0.717) is 35.7 Å². The van der Waals surface area contributed by atoms with Gasteiger partial charge < -0.3 is 115 Å². The second kappa shape index (κ2) is 33.7. The molecule has 3 aromatic rings. The quantitative estimate of drug-likeness (QED) is 0.0496. The number of phenols is 1. The highest BCUT2D eigenvalue weighted by Gasteiger charge is 2.42. The molecule has 10 amide bonds. The van der Waals surface area contributed by atoms with E-state index in [1.54, 1.807) is 30.5 Å². The normalized spacial score (nSPS) is 27.5. The van der Waals surface area contributed by atoms with Crippen LogP contribution in [0.2, 0.25) is 0 Å². The summed E-state index contributed by atoms with van der Waals surface area (Å²) in [5.41, 5.74) is 17.5. The van der Waals surface area contributed by atoms with E-state index in [-0.39, 0.29) is 43.7 Å². The number of aromatic hydroxyl groups is 1. The van der Waals surface area contributed by atoms with Gasteiger partial charge in [-0.15, -0.1) is 0 Å². The minimum Gasteiger partial charge on any atom is -0.508 e. The van der Waals surface area contributed by atoms with E-state index in [0.717, 1.165) is 0 Å². The molecule has 0 aliphatic carbocycles. The molecule has 2 aliphatic heterocycles. The number of aromatic amines is 1. The van der Waals surface area contributed by atoms with Crippen LogP contribution in [0.3, 0.4) is 0 Å². The van der Waals surface area contributed by atoms with Gasteiger partial charge in [-0.1, -0.05) is 43.7 Å². The first kappa shape index (κ1) is 68.9. The third kappa shape index (κ3) is 20.4. The Morgan fingerprint density at radius 1 is 0.721 bits per heavy atom. The molecule has 0 spiro atoms. The van der Waals surface area contributed by atoms with E-state index >= 15 is 0 Å². The molecule has 2 saturated heterocycles. The average molecular weight is 1220 g/mol. The lowest BCUT2D eigenvalue weighted by Gasteiger charge is -2.37. The molecule has 5 rings (SSSR count). The Morgan fingerprint density at radius 3 is 2.06 bits per heavy atom. The number of unbranched alkanes of at least 4 members (excludes halogenated alkanes) is 2. The Labute approximate surface area is 492 Å². The first-order valence-electron chi connectivity index (χ1n) is 27.8. The molecule has 14 atom stereocenters. The van der Waals surface area contributed by atoms with Gasteiger partial charge in [0, 0.05) is 43.1 Å². The summed E-state index contributed by atoms with van der Waals surface area (Å²) in [6.07, 6.45) is -13.6. The number of aromatic nitrogens is 1. The van der Waals surface area contributed by atoms with E-state index in [4.69, 9.17) is 31.4 Å². The Kier molecular flexibility index (Phi) is 27.0. The van der Waals surface area contributed by atoms with Crippen molar-refractivity contribution < 1.29 is 97.9 Å². The van der Waals surface area contributed by atoms with Crippen molar-refractivity contribution in [1.29, 1.82) is 0 Å². The van der Waals surface area contributed by atoms with E-state index in [1.165, 1.54) is 24.3 Å². The van der Waals surface area contributed by atoms with Gasteiger partial charge in [-0.05, 0) is 61.6 Å². The molecule has 0 radical (unpaired) electrons. The van der Waals surface area contributed by atoms with Crippen LogP contribution in [-0.4, -0.2) is 218 Å². The van der Waals surface area contributed by atoms with Crippen LogP contribution >= 0.6 is 0 Å². The van der Waals surface area contributed by atoms with Crippen molar-refractivity contribution in [3.63, 3.8) is 0 Å². The fourth-order valence-electron chi connectivity index (χ4n) is 9.24. The number of fused-ring (bicyclic) bond motifs is 1. The topological polar surface area (TPSA) is 530 Å². The number of ether oxygens (including phenoxy) is 3. The lowest BCUT2D eigenvalue weighted by atomic mass is 9.98. The summed E-state index contributed by atoms with van der Waals surface area (Å²) in [5.74, 6) is -12.4. The summed E-state index contributed by atoms with van der Waals surface area (Å²) in [5, 5.41) is 94.3. The molecular weight excluding hydrogens is 1140 g/mol. The third-order valence-corrected chi connectivity index (χ3v) is 14.0. The monoisotopic (exact) mass is 1210 g/mol. The summed E-state index contributed by atoms with van der Waals surface area (Å²) in [7, 11) is 0. The zero-order valence-corrected chi connectivity index (χ0v) is 47.1. The first-order valence-corrected chi connectivity index (χ1v) is 27.8. The maximum Gasteiger partial charge on any atom is 0.248 e. The number of hydrogen-bond donors (Lipinski definition) is 19. The fraction of sp³-hybridized carbons (Fsp3) is 0.556. The van der Waals surface area contributed by atoms with Crippen molar-refractivity contribution in [2.45, 2.75) is 150 Å². The molecule has 0 bridgehead atoms. The van der Waals surface area contributed by atoms with Crippen LogP contribution in [0.15, 0.2) is 54.7 Å². The molecule has 32 heteroatoms. The Morgan fingerprint density at radius 2 is 1.38 bits per heavy atom. The van der Waals surface area contributed by atoms with Gasteiger partial charge in [-0.2, -0.15) is 0 Å². The molecule has 3 heterocycles. The highest BCUT2D eigenvalue weighted by molar-refractivity contribution is 5.99. The fourth-order valence-corrected chi connectivity index (χ4v) is 9.24. The summed E-state index contributed by atoms with van der Waals surface area (Å²) in [4.78, 5) is 140. The van der Waals surface area contributed by atoms with Crippen LogP contribution in [0.5, 0.6) is 5.75 Å². The number of aliphatic hydroxyl groups is 6. The van der Waals surface area contributed by atoms with Gasteiger partial charge >= 0.3 is 0 Å². The van der Waals surface area contributed by atoms with Crippen molar-refractivity contribution in [2.75, 3.05) is 39.5 Å². The molecule has 2 fully saturated rings. The highest BCUT2D eigenvalue weighted by Crippen LogP contribution is 2.25. The SMILES string of the molecule is CCCCOC1CNC(=O)[C@H](C(O)C(N)=O)NC(=O)[C@H](CO)NC(=O)[C@H](CC(N)=O)NC(=O)CNC(=O)[C@H](CCCCN)NC(=O)[C@H](C(O)c2ccc(O)cc2)NC(=O)[C@H](Cc2c[nH]c3ccccc23)NC(=O)CC(OC2OC[C@@H](O)[C@H](O)[C@H]2O)C1. The molecule has 2 aliphatic rings. The number of para-hydroxylation sites is 1. The molecule has 1 aromatic heterocycles. The van der Waals surface area contributed by atoms with Gasteiger partial charge in [0.05, 0.1) is 44.8 Å². The van der Waals surface area contributed by atoms with Crippen molar-refractivity contribution >= 4 is 70.0 Å². The number of carbonyl (C=O) groups excluding carboxylic acids is 10. The second-order valence-electron chi connectivity index (χ2n) is 20.7. The molecular formula is C54H78N12O20. The molecule has 22 N–H and O–H groups in total. The number of nitrogens with two attached hydrogens (primary N) is 3. The van der Waals surface area contributed by atoms with Crippen LogP contribution in [0.1, 0.15) is 75.5 Å². The van der Waals surface area contributed by atoms with E-state index in [2.05, 4.69) is 42.2 Å². The van der Waals surface area contributed by atoms with Crippen molar-refractivity contribution in [3.05, 3.63) is 65.9 Å². The summed E-state index contributed by atoms with van der Waals surface area (Å²) >= 11 is 0. The Hall–Kier alpha value is -7.92. The molecule has 5 unspecified atom stereocenters. The summed E-state index contributed by atoms with van der Waals surface area (Å²) in [6, 6.07) is 0.414. The van der Waals surface area contributed by atoms with Crippen LogP contribution < -0.4 is 59.7 Å². The minimum atomic E-state index is -2.48. The number of benzene rings is 2. The standard InChI is InChI=1S/C54H78N12O20/c1-2-3-16-84-30-18-29(86-54-46(76)44(74)37(69)25-85-54)19-39(71)61-34(17-27-21-58-32-9-5-4-8-31(27)32)50(80)65-41(43(73)26-11-13-28(68)14-12-26)53(83)63-33(10-6-7-15-55)48(78)60-23-40(72)62-35(20-38(56)70)49(79)64-36(24-67)51(81)66-42(45(75)47(57)77)52(82)59-22-30/h4-5,8-9,11-14,21,29-30,33-37,41-46,54,58,67-69,73-76H,2-3,6-7,10,15-20,22-25,55H2,1H3,(H2,56,70)(H2,57,77)(H,59,82)(H,60,78)(H,61,71)(H,62,72)(H,63,83)(H,64,79)(H,65,80)(H,66,81)/t29?,30?,33-,34-,35-,36-,37+,41-,42-,43?,44-,45?,46+,54?/m0/s1. The number of amides is 10. The molecule has 86 heavy (non-hydrogen) atoms. The lowest BCUT2D eigenvalue weighted by Crippen LogP contribution is -2.62.